The Morgan fingerprint density at radius 1 is 1.10 bits per heavy atom. The van der Waals surface area contributed by atoms with Crippen molar-refractivity contribution in [1.82, 2.24) is 9.62 Å². The van der Waals surface area contributed by atoms with Gasteiger partial charge in [0.15, 0.2) is 0 Å². The molecule has 0 bridgehead atoms. The van der Waals surface area contributed by atoms with Crippen molar-refractivity contribution in [2.24, 2.45) is 5.92 Å². The van der Waals surface area contributed by atoms with Gasteiger partial charge in [-0.1, -0.05) is 30.3 Å². The van der Waals surface area contributed by atoms with Crippen molar-refractivity contribution in [3.63, 3.8) is 0 Å². The molecule has 0 aliphatic carbocycles. The number of carbonyl (C=O) groups is 1. The number of piperidine rings is 1. The average Bonchev–Trinajstić information content (AvgIpc) is 2.80. The van der Waals surface area contributed by atoms with Crippen molar-refractivity contribution in [3.8, 4) is 0 Å². The van der Waals surface area contributed by atoms with Crippen molar-refractivity contribution in [2.45, 2.75) is 31.1 Å². The molecule has 2 aromatic carbocycles. The lowest BCUT2D eigenvalue weighted by molar-refractivity contribution is -0.126. The third-order valence-electron chi connectivity index (χ3n) is 5.69. The summed E-state index contributed by atoms with van der Waals surface area (Å²) in [5, 5.41) is 2.98. The standard InChI is InChI=1S/C23H30FN3O3S/c1-2-26(20-9-4-3-5-10-20)16-8-15-25-23(28)19-13-17-27(18-14-19)31(29,30)22-12-7-6-11-21(22)24/h3-7,9-12,19H,2,8,13-18H2,1H3,(H,25,28). The first-order valence-electron chi connectivity index (χ1n) is 10.8. The number of amides is 1. The quantitative estimate of drug-likeness (QED) is 0.599. The first-order chi connectivity index (χ1) is 14.9. The first kappa shape index (κ1) is 23.2. The maximum atomic E-state index is 13.9. The van der Waals surface area contributed by atoms with Crippen molar-refractivity contribution in [2.75, 3.05) is 37.6 Å². The zero-order valence-corrected chi connectivity index (χ0v) is 18.7. The van der Waals surface area contributed by atoms with Crippen molar-refractivity contribution >= 4 is 21.6 Å². The average molecular weight is 448 g/mol. The van der Waals surface area contributed by atoms with E-state index in [9.17, 15) is 17.6 Å². The minimum absolute atomic E-state index is 0.0364. The predicted molar refractivity (Wildman–Crippen MR) is 120 cm³/mol. The normalized spacial score (nSPS) is 15.5. The zero-order chi connectivity index (χ0) is 22.3. The van der Waals surface area contributed by atoms with E-state index in [2.05, 4.69) is 29.3 Å². The number of anilines is 1. The molecule has 1 amide bonds. The molecule has 0 saturated carbocycles. The van der Waals surface area contributed by atoms with E-state index in [1.165, 1.54) is 28.2 Å². The molecular weight excluding hydrogens is 417 g/mol. The fraction of sp³-hybridized carbons (Fsp3) is 0.435. The molecule has 6 nitrogen and oxygen atoms in total. The van der Waals surface area contributed by atoms with Crippen LogP contribution in [0.4, 0.5) is 10.1 Å². The minimum Gasteiger partial charge on any atom is -0.372 e. The number of hydrogen-bond acceptors (Lipinski definition) is 4. The van der Waals surface area contributed by atoms with E-state index in [-0.39, 0.29) is 29.8 Å². The van der Waals surface area contributed by atoms with Crippen LogP contribution in [-0.2, 0) is 14.8 Å². The second-order valence-electron chi connectivity index (χ2n) is 7.67. The van der Waals surface area contributed by atoms with Crippen LogP contribution in [0.1, 0.15) is 26.2 Å². The number of sulfonamides is 1. The monoisotopic (exact) mass is 447 g/mol. The first-order valence-corrected chi connectivity index (χ1v) is 12.2. The number of hydrogen-bond donors (Lipinski definition) is 1. The molecule has 31 heavy (non-hydrogen) atoms. The smallest absolute Gasteiger partial charge is 0.245 e. The lowest BCUT2D eigenvalue weighted by Gasteiger charge is -2.30. The Bertz CT molecular complexity index is 961. The molecule has 1 fully saturated rings. The van der Waals surface area contributed by atoms with E-state index >= 15 is 0 Å². The molecule has 1 heterocycles. The highest BCUT2D eigenvalue weighted by molar-refractivity contribution is 7.89. The Morgan fingerprint density at radius 2 is 1.74 bits per heavy atom. The topological polar surface area (TPSA) is 69.7 Å². The highest BCUT2D eigenvalue weighted by Crippen LogP contribution is 2.25. The van der Waals surface area contributed by atoms with E-state index in [1.807, 2.05) is 18.2 Å². The van der Waals surface area contributed by atoms with E-state index in [0.29, 0.717) is 19.4 Å². The van der Waals surface area contributed by atoms with Crippen LogP contribution in [0.3, 0.4) is 0 Å². The number of rotatable bonds is 9. The van der Waals surface area contributed by atoms with Gasteiger partial charge in [0.1, 0.15) is 10.7 Å². The molecule has 8 heteroatoms. The molecular formula is C23H30FN3O3S. The fourth-order valence-corrected chi connectivity index (χ4v) is 5.42. The van der Waals surface area contributed by atoms with E-state index in [0.717, 1.165) is 25.6 Å². The van der Waals surface area contributed by atoms with Crippen LogP contribution >= 0.6 is 0 Å². The van der Waals surface area contributed by atoms with Gasteiger partial charge in [0.05, 0.1) is 0 Å². The van der Waals surface area contributed by atoms with Crippen LogP contribution in [0, 0.1) is 11.7 Å². The summed E-state index contributed by atoms with van der Waals surface area (Å²) in [5.74, 6) is -1.01. The maximum Gasteiger partial charge on any atom is 0.245 e. The Kier molecular flexibility index (Phi) is 8.03. The van der Waals surface area contributed by atoms with Gasteiger partial charge in [-0.3, -0.25) is 4.79 Å². The summed E-state index contributed by atoms with van der Waals surface area (Å²) < 4.78 is 40.6. The van der Waals surface area contributed by atoms with Gasteiger partial charge in [0, 0.05) is 44.3 Å². The molecule has 0 spiro atoms. The summed E-state index contributed by atoms with van der Waals surface area (Å²) in [7, 11) is -3.88. The fourth-order valence-electron chi connectivity index (χ4n) is 3.89. The van der Waals surface area contributed by atoms with Gasteiger partial charge in [0.25, 0.3) is 0 Å². The SMILES string of the molecule is CCN(CCCNC(=O)C1CCN(S(=O)(=O)c2ccccc2F)CC1)c1ccccc1. The molecule has 1 aliphatic heterocycles. The summed E-state index contributed by atoms with van der Waals surface area (Å²) in [4.78, 5) is 14.5. The third kappa shape index (κ3) is 5.83. The minimum atomic E-state index is -3.88. The van der Waals surface area contributed by atoms with Crippen molar-refractivity contribution < 1.29 is 17.6 Å². The predicted octanol–water partition coefficient (Wildman–Crippen LogP) is 3.26. The Hall–Kier alpha value is -2.45. The number of halogens is 1. The van der Waals surface area contributed by atoms with Crippen LogP contribution in [0.25, 0.3) is 0 Å². The number of carbonyl (C=O) groups excluding carboxylic acids is 1. The number of para-hydroxylation sites is 1. The van der Waals surface area contributed by atoms with Gasteiger partial charge in [-0.05, 0) is 50.5 Å². The zero-order valence-electron chi connectivity index (χ0n) is 17.8. The van der Waals surface area contributed by atoms with Gasteiger partial charge in [0.2, 0.25) is 15.9 Å². The highest BCUT2D eigenvalue weighted by Gasteiger charge is 2.33. The molecule has 0 radical (unpaired) electrons. The number of benzene rings is 2. The highest BCUT2D eigenvalue weighted by atomic mass is 32.2. The van der Waals surface area contributed by atoms with Crippen LogP contribution in [-0.4, -0.2) is 51.4 Å². The largest absolute Gasteiger partial charge is 0.372 e. The number of nitrogens with one attached hydrogen (secondary N) is 1. The van der Waals surface area contributed by atoms with Gasteiger partial charge in [-0.15, -0.1) is 0 Å². The van der Waals surface area contributed by atoms with Gasteiger partial charge in [-0.25, -0.2) is 12.8 Å². The molecule has 0 unspecified atom stereocenters. The molecule has 0 atom stereocenters. The maximum absolute atomic E-state index is 13.9. The van der Waals surface area contributed by atoms with Crippen LogP contribution in [0.2, 0.25) is 0 Å². The second-order valence-corrected chi connectivity index (χ2v) is 9.57. The van der Waals surface area contributed by atoms with Crippen molar-refractivity contribution in [3.05, 3.63) is 60.4 Å². The van der Waals surface area contributed by atoms with Gasteiger partial charge in [-0.2, -0.15) is 4.31 Å². The lowest BCUT2D eigenvalue weighted by Crippen LogP contribution is -2.43. The summed E-state index contributed by atoms with van der Waals surface area (Å²) in [5.41, 5.74) is 1.17. The van der Waals surface area contributed by atoms with Crippen LogP contribution in [0.5, 0.6) is 0 Å². The van der Waals surface area contributed by atoms with Crippen LogP contribution < -0.4 is 10.2 Å². The van der Waals surface area contributed by atoms with E-state index < -0.39 is 15.8 Å². The molecule has 3 rings (SSSR count). The van der Waals surface area contributed by atoms with E-state index in [1.54, 1.807) is 0 Å². The molecule has 1 aliphatic rings. The molecule has 1 saturated heterocycles. The van der Waals surface area contributed by atoms with Crippen molar-refractivity contribution in [1.29, 1.82) is 0 Å². The molecule has 1 N–H and O–H groups in total. The second kappa shape index (κ2) is 10.7. The summed E-state index contributed by atoms with van der Waals surface area (Å²) in [6, 6.07) is 15.6. The van der Waals surface area contributed by atoms with Crippen LogP contribution in [0.15, 0.2) is 59.5 Å². The Morgan fingerprint density at radius 3 is 2.39 bits per heavy atom. The lowest BCUT2D eigenvalue weighted by atomic mass is 9.97. The van der Waals surface area contributed by atoms with Gasteiger partial charge >= 0.3 is 0 Å². The molecule has 168 valence electrons. The van der Waals surface area contributed by atoms with E-state index in [4.69, 9.17) is 0 Å². The summed E-state index contributed by atoms with van der Waals surface area (Å²) in [6.07, 6.45) is 1.70. The number of nitrogens with zero attached hydrogens (tertiary/aromatic N) is 2. The summed E-state index contributed by atoms with van der Waals surface area (Å²) >= 11 is 0. The molecule has 0 aromatic heterocycles. The third-order valence-corrected chi connectivity index (χ3v) is 7.62. The Balaban J connectivity index is 1.44. The summed E-state index contributed by atoms with van der Waals surface area (Å²) in [6.45, 7) is 4.86. The molecule has 2 aromatic rings. The van der Waals surface area contributed by atoms with Gasteiger partial charge < -0.3 is 10.2 Å². The Labute approximate surface area is 184 Å².